The number of hydrogen-bond donors (Lipinski definition) is 3. The smallest absolute Gasteiger partial charge is 0.413 e. The van der Waals surface area contributed by atoms with Crippen molar-refractivity contribution in [3.8, 4) is 5.75 Å². The molecule has 0 saturated heterocycles. The molecular weight excluding hydrogens is 434 g/mol. The van der Waals surface area contributed by atoms with E-state index in [4.69, 9.17) is 4.18 Å². The van der Waals surface area contributed by atoms with Crippen LogP contribution in [-0.2, 0) is 14.9 Å². The van der Waals surface area contributed by atoms with Gasteiger partial charge in [-0.15, -0.1) is 0 Å². The Hall–Kier alpha value is -3.31. The number of hydrogen-bond acceptors (Lipinski definition) is 8. The molecule has 172 valence electrons. The molecule has 0 atom stereocenters. The fourth-order valence-corrected chi connectivity index (χ4v) is 3.98. The van der Waals surface area contributed by atoms with Crippen LogP contribution in [0.15, 0.2) is 47.4 Å². The first-order valence-corrected chi connectivity index (χ1v) is 11.6. The fourth-order valence-electron chi connectivity index (χ4n) is 3.06. The lowest BCUT2D eigenvalue weighted by Crippen LogP contribution is -2.28. The molecule has 0 fully saturated rings. The number of aromatic nitrogens is 2. The van der Waals surface area contributed by atoms with Crippen LogP contribution >= 0.6 is 0 Å². The first-order chi connectivity index (χ1) is 15.3. The molecular formula is C21H27N5O5S. The molecule has 0 spiro atoms. The van der Waals surface area contributed by atoms with Crippen molar-refractivity contribution in [3.63, 3.8) is 0 Å². The summed E-state index contributed by atoms with van der Waals surface area (Å²) in [5.41, 5.74) is 1.86. The predicted octanol–water partition coefficient (Wildman–Crippen LogP) is 3.26. The summed E-state index contributed by atoms with van der Waals surface area (Å²) in [6.07, 6.45) is -0.672. The summed E-state index contributed by atoms with van der Waals surface area (Å²) in [6.45, 7) is 7.87. The van der Waals surface area contributed by atoms with Crippen LogP contribution in [0.3, 0.4) is 0 Å². The molecule has 0 aliphatic heterocycles. The molecule has 11 heteroatoms. The van der Waals surface area contributed by atoms with Gasteiger partial charge in [0.15, 0.2) is 0 Å². The van der Waals surface area contributed by atoms with Crippen molar-refractivity contribution in [3.05, 3.63) is 42.5 Å². The van der Waals surface area contributed by atoms with Crippen LogP contribution in [0.25, 0.3) is 11.0 Å². The van der Waals surface area contributed by atoms with Crippen molar-refractivity contribution in [2.75, 3.05) is 43.9 Å². The zero-order valence-electron chi connectivity index (χ0n) is 18.2. The molecule has 3 rings (SSSR count). The number of aromatic amines is 1. The zero-order valence-corrected chi connectivity index (χ0v) is 19.0. The van der Waals surface area contributed by atoms with E-state index >= 15 is 0 Å². The molecule has 3 aromatic rings. The topological polar surface area (TPSA) is 126 Å². The molecule has 0 saturated carbocycles. The molecule has 1 amide bonds. The number of rotatable bonds is 10. The lowest BCUT2D eigenvalue weighted by atomic mass is 10.3. The van der Waals surface area contributed by atoms with Gasteiger partial charge in [-0.25, -0.2) is 9.78 Å². The van der Waals surface area contributed by atoms with Gasteiger partial charge in [-0.3, -0.25) is 5.32 Å². The Morgan fingerprint density at radius 2 is 1.84 bits per heavy atom. The summed E-state index contributed by atoms with van der Waals surface area (Å²) in [5, 5.41) is 5.70. The minimum Gasteiger partial charge on any atom is -0.453 e. The second-order valence-corrected chi connectivity index (χ2v) is 8.44. The summed E-state index contributed by atoms with van der Waals surface area (Å²) in [4.78, 5) is 20.7. The van der Waals surface area contributed by atoms with E-state index in [1.54, 1.807) is 18.2 Å². The lowest BCUT2D eigenvalue weighted by Gasteiger charge is -2.18. The second kappa shape index (κ2) is 10.3. The molecule has 2 aromatic carbocycles. The van der Waals surface area contributed by atoms with Gasteiger partial charge >= 0.3 is 16.2 Å². The summed E-state index contributed by atoms with van der Waals surface area (Å²) in [5.74, 6) is 0.283. The molecule has 32 heavy (non-hydrogen) atoms. The maximum atomic E-state index is 12.7. The van der Waals surface area contributed by atoms with Gasteiger partial charge < -0.3 is 24.1 Å². The standard InChI is InChI=1S/C21H27N5O5S/c1-4-26(5-2)13-12-22-15-6-9-17(10-7-15)32(28,29)31-16-8-11-18-19(14-16)24-20(23-18)25-21(27)30-3/h6-11,14,22H,4-5,12-13H2,1-3H3,(H2,23,24,25,27). The number of benzene rings is 2. The van der Waals surface area contributed by atoms with Crippen LogP contribution in [0.1, 0.15) is 13.8 Å². The first-order valence-electron chi connectivity index (χ1n) is 10.2. The normalized spacial score (nSPS) is 11.5. The van der Waals surface area contributed by atoms with Gasteiger partial charge in [0.2, 0.25) is 5.95 Å². The van der Waals surface area contributed by atoms with Crippen molar-refractivity contribution >= 4 is 38.9 Å². The number of anilines is 2. The van der Waals surface area contributed by atoms with E-state index in [2.05, 4.69) is 44.1 Å². The monoisotopic (exact) mass is 461 g/mol. The van der Waals surface area contributed by atoms with Crippen LogP contribution in [0.4, 0.5) is 16.4 Å². The number of amides is 1. The lowest BCUT2D eigenvalue weighted by molar-refractivity contribution is 0.186. The Labute approximate surface area is 187 Å². The summed E-state index contributed by atoms with van der Waals surface area (Å²) < 4.78 is 35.1. The number of fused-ring (bicyclic) bond motifs is 1. The van der Waals surface area contributed by atoms with Crippen LogP contribution in [0, 0.1) is 0 Å². The highest BCUT2D eigenvalue weighted by Gasteiger charge is 2.17. The maximum Gasteiger partial charge on any atom is 0.413 e. The van der Waals surface area contributed by atoms with Gasteiger partial charge in [-0.2, -0.15) is 8.42 Å². The SMILES string of the molecule is CCN(CC)CCNc1ccc(S(=O)(=O)Oc2ccc3[nH]c(NC(=O)OC)nc3c2)cc1. The first kappa shape index (κ1) is 23.4. The third-order valence-corrected chi connectivity index (χ3v) is 6.12. The van der Waals surface area contributed by atoms with E-state index in [9.17, 15) is 13.2 Å². The number of carbonyl (C=O) groups excluding carboxylic acids is 1. The van der Waals surface area contributed by atoms with Gasteiger partial charge in [0.05, 0.1) is 18.1 Å². The van der Waals surface area contributed by atoms with Crippen LogP contribution in [0.5, 0.6) is 5.75 Å². The van der Waals surface area contributed by atoms with Gasteiger partial charge in [0.1, 0.15) is 10.6 Å². The maximum absolute atomic E-state index is 12.7. The largest absolute Gasteiger partial charge is 0.453 e. The van der Waals surface area contributed by atoms with Crippen molar-refractivity contribution < 1.29 is 22.1 Å². The minimum absolute atomic E-state index is 0.0435. The average Bonchev–Trinajstić information content (AvgIpc) is 3.18. The molecule has 0 bridgehead atoms. The highest BCUT2D eigenvalue weighted by molar-refractivity contribution is 7.87. The van der Waals surface area contributed by atoms with Gasteiger partial charge in [0.25, 0.3) is 0 Å². The molecule has 10 nitrogen and oxygen atoms in total. The third kappa shape index (κ3) is 5.89. The second-order valence-electron chi connectivity index (χ2n) is 6.90. The predicted molar refractivity (Wildman–Crippen MR) is 123 cm³/mol. The van der Waals surface area contributed by atoms with E-state index < -0.39 is 16.2 Å². The number of imidazole rings is 1. The molecule has 1 aromatic heterocycles. The number of H-pyrrole nitrogens is 1. The van der Waals surface area contributed by atoms with Gasteiger partial charge in [0, 0.05) is 24.8 Å². The van der Waals surface area contributed by atoms with E-state index in [-0.39, 0.29) is 16.6 Å². The Kier molecular flexibility index (Phi) is 7.54. The number of ether oxygens (including phenoxy) is 1. The Morgan fingerprint density at radius 1 is 1.12 bits per heavy atom. The Balaban J connectivity index is 1.66. The number of nitrogens with zero attached hydrogens (tertiary/aromatic N) is 2. The number of methoxy groups -OCH3 is 1. The quantitative estimate of drug-likeness (QED) is 0.393. The fraction of sp³-hybridized carbons (Fsp3) is 0.333. The van der Waals surface area contributed by atoms with Crippen LogP contribution in [0.2, 0.25) is 0 Å². The zero-order chi connectivity index (χ0) is 23.1. The van der Waals surface area contributed by atoms with Gasteiger partial charge in [-0.05, 0) is 49.5 Å². The third-order valence-electron chi connectivity index (χ3n) is 4.86. The van der Waals surface area contributed by atoms with Crippen molar-refractivity contribution in [1.29, 1.82) is 0 Å². The summed E-state index contributed by atoms with van der Waals surface area (Å²) in [6, 6.07) is 11.0. The number of carbonyl (C=O) groups is 1. The minimum atomic E-state index is -4.02. The summed E-state index contributed by atoms with van der Waals surface area (Å²) in [7, 11) is -2.78. The highest BCUT2D eigenvalue weighted by atomic mass is 32.2. The van der Waals surface area contributed by atoms with Crippen LogP contribution < -0.4 is 14.8 Å². The Morgan fingerprint density at radius 3 is 2.50 bits per heavy atom. The van der Waals surface area contributed by atoms with E-state index in [0.717, 1.165) is 31.9 Å². The van der Waals surface area contributed by atoms with Crippen molar-refractivity contribution in [2.24, 2.45) is 0 Å². The Bertz CT molecular complexity index is 1160. The van der Waals surface area contributed by atoms with E-state index in [1.807, 2.05) is 0 Å². The van der Waals surface area contributed by atoms with E-state index in [1.165, 1.54) is 31.4 Å². The van der Waals surface area contributed by atoms with Gasteiger partial charge in [-0.1, -0.05) is 13.8 Å². The molecule has 1 heterocycles. The number of nitrogens with one attached hydrogen (secondary N) is 3. The van der Waals surface area contributed by atoms with Crippen molar-refractivity contribution in [2.45, 2.75) is 18.7 Å². The van der Waals surface area contributed by atoms with Crippen LogP contribution in [-0.4, -0.2) is 62.7 Å². The molecule has 0 aliphatic rings. The highest BCUT2D eigenvalue weighted by Crippen LogP contribution is 2.24. The van der Waals surface area contributed by atoms with E-state index in [0.29, 0.717) is 11.0 Å². The average molecular weight is 462 g/mol. The summed E-state index contributed by atoms with van der Waals surface area (Å²) >= 11 is 0. The molecule has 0 radical (unpaired) electrons. The van der Waals surface area contributed by atoms with Crippen molar-refractivity contribution in [1.82, 2.24) is 14.9 Å². The number of likely N-dealkylation sites (N-methyl/N-ethyl adjacent to an activating group) is 1. The molecule has 0 aliphatic carbocycles. The molecule has 3 N–H and O–H groups in total. The molecule has 0 unspecified atom stereocenters.